The molecule has 0 unspecified atom stereocenters. The standard InChI is InChI=1S/C25H28ClF3N8O/c1-17(2)37-16-20(25(27,28)29)31-21(37)19-7-5-18(6-8-19)15-36(24-33-22(26)32-23(30)34-24)10-4-3-9-35-11-13-38-14-12-35/h5-8,16-17H,9-15H2,1-2H3,(H2,30,32,33,34). The smallest absolute Gasteiger partial charge is 0.379 e. The fourth-order valence-electron chi connectivity index (χ4n) is 3.89. The lowest BCUT2D eigenvalue weighted by atomic mass is 10.1. The molecule has 202 valence electrons. The van der Waals surface area contributed by atoms with Gasteiger partial charge in [-0.1, -0.05) is 36.1 Å². The molecule has 1 aromatic carbocycles. The molecule has 0 aliphatic carbocycles. The number of rotatable bonds is 7. The molecule has 9 nitrogen and oxygen atoms in total. The summed E-state index contributed by atoms with van der Waals surface area (Å²) in [6.07, 6.45) is -3.48. The van der Waals surface area contributed by atoms with E-state index in [9.17, 15) is 13.2 Å². The highest BCUT2D eigenvalue weighted by atomic mass is 35.5. The molecule has 1 aliphatic rings. The third-order valence-electron chi connectivity index (χ3n) is 5.86. The normalized spacial score (nSPS) is 14.4. The zero-order chi connectivity index (χ0) is 27.3. The fraction of sp³-hybridized carbons (Fsp3) is 0.440. The van der Waals surface area contributed by atoms with Crippen molar-refractivity contribution in [3.63, 3.8) is 0 Å². The Labute approximate surface area is 223 Å². The van der Waals surface area contributed by atoms with Crippen molar-refractivity contribution in [2.75, 3.05) is 50.0 Å². The second kappa shape index (κ2) is 12.0. The minimum absolute atomic E-state index is 0.0115. The molecule has 4 rings (SSSR count). The first kappa shape index (κ1) is 27.6. The SMILES string of the molecule is CC(C)n1cc(C(F)(F)F)nc1-c1ccc(CN(CC#CCN2CCOCC2)c2nc(N)nc(Cl)n2)cc1. The van der Waals surface area contributed by atoms with E-state index in [1.54, 1.807) is 12.1 Å². The monoisotopic (exact) mass is 548 g/mol. The van der Waals surface area contributed by atoms with Crippen molar-refractivity contribution in [1.29, 1.82) is 0 Å². The van der Waals surface area contributed by atoms with E-state index in [1.807, 2.05) is 30.9 Å². The van der Waals surface area contributed by atoms with Gasteiger partial charge in [0.15, 0.2) is 5.69 Å². The largest absolute Gasteiger partial charge is 0.434 e. The number of halogens is 4. The zero-order valence-electron chi connectivity index (χ0n) is 21.0. The van der Waals surface area contributed by atoms with Crippen molar-refractivity contribution in [3.8, 4) is 23.2 Å². The number of nitrogens with two attached hydrogens (primary N) is 1. The highest BCUT2D eigenvalue weighted by Crippen LogP contribution is 2.32. The van der Waals surface area contributed by atoms with Crippen molar-refractivity contribution in [2.45, 2.75) is 32.6 Å². The predicted octanol–water partition coefficient (Wildman–Crippen LogP) is 3.91. The Morgan fingerprint density at radius 1 is 1.08 bits per heavy atom. The molecule has 3 aromatic rings. The molecule has 13 heteroatoms. The maximum absolute atomic E-state index is 13.3. The van der Waals surface area contributed by atoms with Crippen LogP contribution >= 0.6 is 11.6 Å². The number of nitrogens with zero attached hydrogens (tertiary/aromatic N) is 7. The van der Waals surface area contributed by atoms with Crippen LogP contribution in [0.25, 0.3) is 11.4 Å². The highest BCUT2D eigenvalue weighted by molar-refractivity contribution is 6.28. The summed E-state index contributed by atoms with van der Waals surface area (Å²) < 4.78 is 46.7. The van der Waals surface area contributed by atoms with Gasteiger partial charge < -0.3 is 19.9 Å². The number of anilines is 2. The van der Waals surface area contributed by atoms with E-state index in [-0.39, 0.29) is 29.0 Å². The zero-order valence-corrected chi connectivity index (χ0v) is 21.8. The van der Waals surface area contributed by atoms with Crippen LogP contribution in [-0.4, -0.2) is 68.8 Å². The molecule has 0 amide bonds. The molecular weight excluding hydrogens is 521 g/mol. The molecule has 0 saturated carbocycles. The second-order valence-electron chi connectivity index (χ2n) is 9.01. The number of hydrogen-bond acceptors (Lipinski definition) is 8. The molecule has 2 N–H and O–H groups in total. The molecule has 1 saturated heterocycles. The summed E-state index contributed by atoms with van der Waals surface area (Å²) in [5.74, 6) is 6.84. The van der Waals surface area contributed by atoms with Gasteiger partial charge in [0.05, 0.1) is 26.3 Å². The van der Waals surface area contributed by atoms with E-state index in [4.69, 9.17) is 22.1 Å². The number of imidazole rings is 1. The van der Waals surface area contributed by atoms with Gasteiger partial charge in [-0.15, -0.1) is 0 Å². The van der Waals surface area contributed by atoms with Crippen molar-refractivity contribution in [3.05, 3.63) is 47.0 Å². The van der Waals surface area contributed by atoms with Crippen molar-refractivity contribution in [1.82, 2.24) is 29.4 Å². The molecular formula is C25H28ClF3N8O. The molecule has 0 spiro atoms. The third kappa shape index (κ3) is 7.12. The van der Waals surface area contributed by atoms with Crippen molar-refractivity contribution in [2.24, 2.45) is 0 Å². The van der Waals surface area contributed by atoms with Gasteiger partial charge in [-0.3, -0.25) is 4.90 Å². The summed E-state index contributed by atoms with van der Waals surface area (Å²) in [6, 6.07) is 6.94. The van der Waals surface area contributed by atoms with Gasteiger partial charge in [0, 0.05) is 37.4 Å². The Balaban J connectivity index is 1.54. The average Bonchev–Trinajstić information content (AvgIpc) is 3.33. The van der Waals surface area contributed by atoms with E-state index in [2.05, 4.69) is 36.7 Å². The van der Waals surface area contributed by atoms with E-state index in [0.29, 0.717) is 38.4 Å². The van der Waals surface area contributed by atoms with Crippen molar-refractivity contribution >= 4 is 23.5 Å². The first-order valence-corrected chi connectivity index (χ1v) is 12.4. The topological polar surface area (TPSA) is 98.2 Å². The summed E-state index contributed by atoms with van der Waals surface area (Å²) in [5.41, 5.74) is 6.29. The molecule has 1 aliphatic heterocycles. The van der Waals surface area contributed by atoms with E-state index < -0.39 is 11.9 Å². The summed E-state index contributed by atoms with van der Waals surface area (Å²) in [5, 5.41) is -0.0323. The number of alkyl halides is 3. The average molecular weight is 549 g/mol. The second-order valence-corrected chi connectivity index (χ2v) is 9.34. The lowest BCUT2D eigenvalue weighted by molar-refractivity contribution is -0.140. The molecule has 0 atom stereocenters. The molecule has 1 fully saturated rings. The summed E-state index contributed by atoms with van der Waals surface area (Å²) >= 11 is 6.01. The highest BCUT2D eigenvalue weighted by Gasteiger charge is 2.35. The minimum Gasteiger partial charge on any atom is -0.379 e. The van der Waals surface area contributed by atoms with E-state index in [1.165, 1.54) is 4.57 Å². The Hall–Kier alpha value is -3.40. The summed E-state index contributed by atoms with van der Waals surface area (Å²) in [7, 11) is 0. The summed E-state index contributed by atoms with van der Waals surface area (Å²) in [6.45, 7) is 7.97. The van der Waals surface area contributed by atoms with Crippen LogP contribution in [0.2, 0.25) is 5.28 Å². The van der Waals surface area contributed by atoms with Crippen LogP contribution in [0.4, 0.5) is 25.1 Å². The maximum Gasteiger partial charge on any atom is 0.434 e. The van der Waals surface area contributed by atoms with Crippen LogP contribution in [0.5, 0.6) is 0 Å². The van der Waals surface area contributed by atoms with Crippen LogP contribution in [0.3, 0.4) is 0 Å². The van der Waals surface area contributed by atoms with Gasteiger partial charge in [-0.05, 0) is 31.0 Å². The first-order valence-electron chi connectivity index (χ1n) is 12.0. The fourth-order valence-corrected chi connectivity index (χ4v) is 4.05. The third-order valence-corrected chi connectivity index (χ3v) is 6.03. The number of morpholine rings is 1. The number of nitrogen functional groups attached to an aromatic ring is 1. The Morgan fingerprint density at radius 2 is 1.79 bits per heavy atom. The number of aromatic nitrogens is 5. The van der Waals surface area contributed by atoms with Gasteiger partial charge in [-0.25, -0.2) is 4.98 Å². The predicted molar refractivity (Wildman–Crippen MR) is 138 cm³/mol. The molecule has 38 heavy (non-hydrogen) atoms. The van der Waals surface area contributed by atoms with Gasteiger partial charge in [0.1, 0.15) is 5.82 Å². The van der Waals surface area contributed by atoms with Gasteiger partial charge in [0.2, 0.25) is 17.2 Å². The van der Waals surface area contributed by atoms with Crippen molar-refractivity contribution < 1.29 is 17.9 Å². The maximum atomic E-state index is 13.3. The van der Waals surface area contributed by atoms with Crippen LogP contribution in [-0.2, 0) is 17.5 Å². The van der Waals surface area contributed by atoms with E-state index in [0.717, 1.165) is 24.8 Å². The summed E-state index contributed by atoms with van der Waals surface area (Å²) in [4.78, 5) is 20.1. The van der Waals surface area contributed by atoms with Gasteiger partial charge in [-0.2, -0.15) is 28.1 Å². The van der Waals surface area contributed by atoms with Crippen LogP contribution < -0.4 is 10.6 Å². The Kier molecular flexibility index (Phi) is 8.71. The number of ether oxygens (including phenoxy) is 1. The number of hydrogen-bond donors (Lipinski definition) is 1. The van der Waals surface area contributed by atoms with Gasteiger partial charge in [0.25, 0.3) is 0 Å². The van der Waals surface area contributed by atoms with E-state index >= 15 is 0 Å². The Morgan fingerprint density at radius 3 is 2.42 bits per heavy atom. The lowest BCUT2D eigenvalue weighted by Gasteiger charge is -2.24. The molecule has 0 bridgehead atoms. The first-order chi connectivity index (χ1) is 18.1. The Bertz CT molecular complexity index is 1270. The molecule has 3 heterocycles. The van der Waals surface area contributed by atoms with Gasteiger partial charge >= 0.3 is 6.18 Å². The van der Waals surface area contributed by atoms with Crippen LogP contribution in [0, 0.1) is 11.8 Å². The number of benzene rings is 1. The van der Waals surface area contributed by atoms with Crippen LogP contribution in [0.15, 0.2) is 30.5 Å². The lowest BCUT2D eigenvalue weighted by Crippen LogP contribution is -2.36. The quantitative estimate of drug-likeness (QED) is 0.444. The molecule has 2 aromatic heterocycles. The molecule has 0 radical (unpaired) electrons. The van der Waals surface area contributed by atoms with Crippen LogP contribution in [0.1, 0.15) is 31.1 Å². The minimum atomic E-state index is -4.52.